The maximum Gasteiger partial charge on any atom is 0.303 e. The second kappa shape index (κ2) is 5.20. The summed E-state index contributed by atoms with van der Waals surface area (Å²) in [7, 11) is 1.77. The number of aromatic nitrogens is 2. The van der Waals surface area contributed by atoms with Gasteiger partial charge in [0, 0.05) is 24.7 Å². The van der Waals surface area contributed by atoms with E-state index in [4.69, 9.17) is 5.11 Å². The molecule has 1 heterocycles. The minimum atomic E-state index is -0.869. The van der Waals surface area contributed by atoms with E-state index in [2.05, 4.69) is 10.4 Å². The lowest BCUT2D eigenvalue weighted by molar-refractivity contribution is -0.137. The first-order valence-electron chi connectivity index (χ1n) is 5.76. The normalized spacial score (nSPS) is 11.3. The van der Waals surface area contributed by atoms with Crippen LogP contribution in [0, 0.1) is 6.92 Å². The highest BCUT2D eigenvalue weighted by Crippen LogP contribution is 2.12. The van der Waals surface area contributed by atoms with Crippen LogP contribution in [0.25, 0.3) is 0 Å². The Bertz CT molecular complexity index is 444. The van der Waals surface area contributed by atoms with Crippen LogP contribution in [-0.4, -0.2) is 32.3 Å². The van der Waals surface area contributed by atoms with Gasteiger partial charge < -0.3 is 10.4 Å². The van der Waals surface area contributed by atoms with Gasteiger partial charge in [-0.1, -0.05) is 0 Å². The minimum absolute atomic E-state index is 0.0223. The lowest BCUT2D eigenvalue weighted by atomic mass is 9.98. The van der Waals surface area contributed by atoms with Gasteiger partial charge in [0.1, 0.15) is 5.69 Å². The van der Waals surface area contributed by atoms with Crippen LogP contribution in [0.5, 0.6) is 0 Å². The molecule has 0 aromatic carbocycles. The Hall–Kier alpha value is -1.85. The van der Waals surface area contributed by atoms with E-state index in [1.54, 1.807) is 31.6 Å². The van der Waals surface area contributed by atoms with Crippen molar-refractivity contribution in [2.45, 2.75) is 39.2 Å². The molecule has 0 unspecified atom stereocenters. The number of carboxylic acids is 1. The fourth-order valence-electron chi connectivity index (χ4n) is 1.52. The van der Waals surface area contributed by atoms with Gasteiger partial charge >= 0.3 is 5.97 Å². The van der Waals surface area contributed by atoms with Gasteiger partial charge in [0.25, 0.3) is 5.91 Å². The van der Waals surface area contributed by atoms with Crippen LogP contribution in [0.4, 0.5) is 0 Å². The molecule has 0 aliphatic carbocycles. The zero-order valence-electron chi connectivity index (χ0n) is 11.1. The zero-order chi connectivity index (χ0) is 13.9. The number of hydrogen-bond acceptors (Lipinski definition) is 3. The third-order valence-electron chi connectivity index (χ3n) is 2.76. The molecule has 0 bridgehead atoms. The predicted molar refractivity (Wildman–Crippen MR) is 66.4 cm³/mol. The van der Waals surface area contributed by atoms with E-state index < -0.39 is 11.5 Å². The maximum absolute atomic E-state index is 11.9. The highest BCUT2D eigenvalue weighted by atomic mass is 16.4. The van der Waals surface area contributed by atoms with E-state index in [1.807, 2.05) is 6.92 Å². The SMILES string of the molecule is Cc1cc(C(=O)NC(C)(C)CCC(=O)O)nn1C. The Labute approximate surface area is 106 Å². The van der Waals surface area contributed by atoms with Crippen LogP contribution in [-0.2, 0) is 11.8 Å². The largest absolute Gasteiger partial charge is 0.481 e. The Balaban J connectivity index is 2.66. The Morgan fingerprint density at radius 3 is 2.56 bits per heavy atom. The molecular formula is C12H19N3O3. The van der Waals surface area contributed by atoms with Gasteiger partial charge in [0.15, 0.2) is 0 Å². The average Bonchev–Trinajstić information content (AvgIpc) is 2.56. The number of nitrogens with one attached hydrogen (secondary N) is 1. The summed E-state index contributed by atoms with van der Waals surface area (Å²) in [6.07, 6.45) is 0.397. The fourth-order valence-corrected chi connectivity index (χ4v) is 1.52. The molecule has 0 fully saturated rings. The number of carbonyl (C=O) groups is 2. The second-order valence-corrected chi connectivity index (χ2v) is 5.03. The van der Waals surface area contributed by atoms with E-state index in [1.165, 1.54) is 0 Å². The molecule has 6 nitrogen and oxygen atoms in total. The standard InChI is InChI=1S/C12H19N3O3/c1-8-7-9(14-15(8)4)11(18)13-12(2,3)6-5-10(16)17/h7H,5-6H2,1-4H3,(H,13,18)(H,16,17). The molecule has 6 heteroatoms. The topological polar surface area (TPSA) is 84.2 Å². The predicted octanol–water partition coefficient (Wildman–Crippen LogP) is 1.10. The number of amides is 1. The quantitative estimate of drug-likeness (QED) is 0.823. The average molecular weight is 253 g/mol. The Kier molecular flexibility index (Phi) is 4.11. The van der Waals surface area contributed by atoms with Gasteiger partial charge in [-0.25, -0.2) is 0 Å². The molecule has 0 saturated carbocycles. The number of hydrogen-bond donors (Lipinski definition) is 2. The smallest absolute Gasteiger partial charge is 0.303 e. The summed E-state index contributed by atoms with van der Waals surface area (Å²) < 4.78 is 1.62. The van der Waals surface area contributed by atoms with Crippen LogP contribution < -0.4 is 5.32 Å². The summed E-state index contributed by atoms with van der Waals surface area (Å²) in [6, 6.07) is 1.70. The number of aliphatic carboxylic acids is 1. The molecule has 0 aliphatic rings. The van der Waals surface area contributed by atoms with Crippen LogP contribution in [0.3, 0.4) is 0 Å². The van der Waals surface area contributed by atoms with Gasteiger partial charge in [-0.05, 0) is 33.3 Å². The molecule has 0 radical (unpaired) electrons. The summed E-state index contributed by atoms with van der Waals surface area (Å²) in [4.78, 5) is 22.5. The van der Waals surface area contributed by atoms with Crippen LogP contribution in [0.15, 0.2) is 6.07 Å². The summed E-state index contributed by atoms with van der Waals surface area (Å²) in [5, 5.41) is 15.5. The van der Waals surface area contributed by atoms with Crippen molar-refractivity contribution >= 4 is 11.9 Å². The maximum atomic E-state index is 11.9. The van der Waals surface area contributed by atoms with Crippen molar-refractivity contribution in [3.8, 4) is 0 Å². The molecule has 0 atom stereocenters. The first-order chi connectivity index (χ1) is 8.21. The van der Waals surface area contributed by atoms with Crippen LogP contribution in [0.1, 0.15) is 42.9 Å². The van der Waals surface area contributed by atoms with E-state index in [-0.39, 0.29) is 12.3 Å². The van der Waals surface area contributed by atoms with Gasteiger partial charge in [-0.2, -0.15) is 5.10 Å². The van der Waals surface area contributed by atoms with Crippen molar-refractivity contribution in [3.05, 3.63) is 17.5 Å². The van der Waals surface area contributed by atoms with Crippen molar-refractivity contribution < 1.29 is 14.7 Å². The van der Waals surface area contributed by atoms with Crippen molar-refractivity contribution in [2.24, 2.45) is 7.05 Å². The zero-order valence-corrected chi connectivity index (χ0v) is 11.1. The minimum Gasteiger partial charge on any atom is -0.481 e. The molecular weight excluding hydrogens is 234 g/mol. The van der Waals surface area contributed by atoms with E-state index >= 15 is 0 Å². The van der Waals surface area contributed by atoms with Crippen molar-refractivity contribution in [3.63, 3.8) is 0 Å². The van der Waals surface area contributed by atoms with E-state index in [0.29, 0.717) is 12.1 Å². The van der Waals surface area contributed by atoms with Gasteiger partial charge in [0.2, 0.25) is 0 Å². The molecule has 100 valence electrons. The highest BCUT2D eigenvalue weighted by molar-refractivity contribution is 5.92. The van der Waals surface area contributed by atoms with Crippen molar-refractivity contribution in [2.75, 3.05) is 0 Å². The Morgan fingerprint density at radius 2 is 2.11 bits per heavy atom. The molecule has 0 saturated heterocycles. The van der Waals surface area contributed by atoms with E-state index in [9.17, 15) is 9.59 Å². The molecule has 18 heavy (non-hydrogen) atoms. The summed E-state index contributed by atoms with van der Waals surface area (Å²) in [6.45, 7) is 5.45. The lowest BCUT2D eigenvalue weighted by Crippen LogP contribution is -2.43. The second-order valence-electron chi connectivity index (χ2n) is 5.03. The third kappa shape index (κ3) is 3.87. The number of nitrogens with zero attached hydrogens (tertiary/aromatic N) is 2. The number of aryl methyl sites for hydroxylation is 2. The summed E-state index contributed by atoms with van der Waals surface area (Å²) in [5.74, 6) is -1.15. The van der Waals surface area contributed by atoms with Gasteiger partial charge in [0.05, 0.1) is 0 Å². The fraction of sp³-hybridized carbons (Fsp3) is 0.583. The van der Waals surface area contributed by atoms with Crippen molar-refractivity contribution in [1.29, 1.82) is 0 Å². The molecule has 2 N–H and O–H groups in total. The molecule has 1 aromatic heterocycles. The monoisotopic (exact) mass is 253 g/mol. The highest BCUT2D eigenvalue weighted by Gasteiger charge is 2.23. The van der Waals surface area contributed by atoms with Gasteiger partial charge in [-0.3, -0.25) is 14.3 Å². The molecule has 1 amide bonds. The molecule has 1 aromatic rings. The number of rotatable bonds is 5. The number of carboxylic acid groups (broad SMARTS) is 1. The van der Waals surface area contributed by atoms with Crippen LogP contribution >= 0.6 is 0 Å². The lowest BCUT2D eigenvalue weighted by Gasteiger charge is -2.25. The first kappa shape index (κ1) is 14.2. The summed E-state index contributed by atoms with van der Waals surface area (Å²) >= 11 is 0. The number of carbonyl (C=O) groups excluding carboxylic acids is 1. The van der Waals surface area contributed by atoms with Crippen LogP contribution in [0.2, 0.25) is 0 Å². The van der Waals surface area contributed by atoms with E-state index in [0.717, 1.165) is 5.69 Å². The molecule has 0 aliphatic heterocycles. The Morgan fingerprint density at radius 1 is 1.50 bits per heavy atom. The third-order valence-corrected chi connectivity index (χ3v) is 2.76. The first-order valence-corrected chi connectivity index (χ1v) is 5.76. The summed E-state index contributed by atoms with van der Waals surface area (Å²) in [5.41, 5.74) is 0.669. The molecule has 1 rings (SSSR count). The van der Waals surface area contributed by atoms with Gasteiger partial charge in [-0.15, -0.1) is 0 Å². The van der Waals surface area contributed by atoms with Crippen molar-refractivity contribution in [1.82, 2.24) is 15.1 Å². The molecule has 0 spiro atoms.